The number of aromatic nitrogens is 2. The molecule has 7 heteroatoms. The Hall–Kier alpha value is -3.87. The van der Waals surface area contributed by atoms with Crippen molar-refractivity contribution in [2.75, 3.05) is 5.32 Å². The van der Waals surface area contributed by atoms with E-state index in [1.54, 1.807) is 18.2 Å². The van der Waals surface area contributed by atoms with Gasteiger partial charge in [0, 0.05) is 23.4 Å². The minimum absolute atomic E-state index is 0.0607. The molecule has 1 N–H and O–H groups in total. The number of anilines is 1. The lowest BCUT2D eigenvalue weighted by atomic mass is 10.2. The lowest BCUT2D eigenvalue weighted by Crippen LogP contribution is -2.11. The SMILES string of the molecule is O=C(Nc1ccc2nc3ccccc3nc2c1)c1ccc([N+](=O)[O-])cc1. The number of hydrogen-bond acceptors (Lipinski definition) is 5. The quantitative estimate of drug-likeness (QED) is 0.345. The molecule has 0 spiro atoms. The molecule has 0 bridgehead atoms. The second-order valence-electron chi connectivity index (χ2n) is 5.67. The number of fused-ring (bicyclic) bond motifs is 2. The Kier molecular flexibility index (Phi) is 3.74. The van der Waals surface area contributed by atoms with Gasteiger partial charge in [-0.05, 0) is 42.5 Å². The van der Waals surface area contributed by atoms with Crippen LogP contribution in [0, 0.1) is 10.1 Å². The maximum absolute atomic E-state index is 12.3. The molecular weight excluding hydrogens is 332 g/mol. The molecule has 26 heavy (non-hydrogen) atoms. The van der Waals surface area contributed by atoms with Gasteiger partial charge in [-0.25, -0.2) is 9.97 Å². The molecule has 7 nitrogen and oxygen atoms in total. The lowest BCUT2D eigenvalue weighted by molar-refractivity contribution is -0.384. The first-order valence-corrected chi connectivity index (χ1v) is 7.82. The maximum atomic E-state index is 12.3. The van der Waals surface area contributed by atoms with Crippen LogP contribution in [0.5, 0.6) is 0 Å². The van der Waals surface area contributed by atoms with E-state index in [2.05, 4.69) is 15.3 Å². The third kappa shape index (κ3) is 2.93. The van der Waals surface area contributed by atoms with E-state index in [0.29, 0.717) is 16.8 Å². The van der Waals surface area contributed by atoms with E-state index in [1.165, 1.54) is 24.3 Å². The van der Waals surface area contributed by atoms with Crippen molar-refractivity contribution in [3.63, 3.8) is 0 Å². The van der Waals surface area contributed by atoms with Crippen LogP contribution in [0.2, 0.25) is 0 Å². The average molecular weight is 344 g/mol. The number of carbonyl (C=O) groups is 1. The maximum Gasteiger partial charge on any atom is 0.269 e. The predicted octanol–water partition coefficient (Wildman–Crippen LogP) is 3.94. The molecule has 0 aliphatic carbocycles. The number of carbonyl (C=O) groups excluding carboxylic acids is 1. The van der Waals surface area contributed by atoms with E-state index in [1.807, 2.05) is 24.3 Å². The van der Waals surface area contributed by atoms with Gasteiger partial charge >= 0.3 is 0 Å². The van der Waals surface area contributed by atoms with Crippen molar-refractivity contribution < 1.29 is 9.72 Å². The largest absolute Gasteiger partial charge is 0.322 e. The molecule has 0 aliphatic rings. The highest BCUT2D eigenvalue weighted by atomic mass is 16.6. The zero-order chi connectivity index (χ0) is 18.1. The van der Waals surface area contributed by atoms with E-state index in [0.717, 1.165) is 16.6 Å². The summed E-state index contributed by atoms with van der Waals surface area (Å²) in [5, 5.41) is 13.5. The third-order valence-corrected chi connectivity index (χ3v) is 3.94. The van der Waals surface area contributed by atoms with Crippen LogP contribution in [0.4, 0.5) is 11.4 Å². The van der Waals surface area contributed by atoms with Crippen LogP contribution >= 0.6 is 0 Å². The molecule has 0 atom stereocenters. The summed E-state index contributed by atoms with van der Waals surface area (Å²) >= 11 is 0. The number of hydrogen-bond donors (Lipinski definition) is 1. The molecule has 0 saturated carbocycles. The number of rotatable bonds is 3. The highest BCUT2D eigenvalue weighted by molar-refractivity contribution is 6.05. The Morgan fingerprint density at radius 3 is 2.12 bits per heavy atom. The molecular formula is C19H12N4O3. The van der Waals surface area contributed by atoms with Gasteiger partial charge in [-0.15, -0.1) is 0 Å². The molecule has 126 valence electrons. The fraction of sp³-hybridized carbons (Fsp3) is 0. The van der Waals surface area contributed by atoms with Gasteiger partial charge in [0.05, 0.1) is 27.0 Å². The summed E-state index contributed by atoms with van der Waals surface area (Å²) in [6, 6.07) is 18.3. The standard InChI is InChI=1S/C19H12N4O3/c24-19(12-5-8-14(9-6-12)23(25)26)20-13-7-10-17-18(11-13)22-16-4-2-1-3-15(16)21-17/h1-11H,(H,20,24). The monoisotopic (exact) mass is 344 g/mol. The number of para-hydroxylation sites is 2. The highest BCUT2D eigenvalue weighted by Crippen LogP contribution is 2.20. The third-order valence-electron chi connectivity index (χ3n) is 3.94. The molecule has 0 saturated heterocycles. The van der Waals surface area contributed by atoms with Gasteiger partial charge in [-0.2, -0.15) is 0 Å². The number of benzene rings is 3. The topological polar surface area (TPSA) is 98.0 Å². The number of nitrogens with zero attached hydrogens (tertiary/aromatic N) is 3. The van der Waals surface area contributed by atoms with Crippen molar-refractivity contribution in [2.45, 2.75) is 0 Å². The Bertz CT molecular complexity index is 1160. The van der Waals surface area contributed by atoms with Gasteiger partial charge in [-0.3, -0.25) is 14.9 Å². The number of amides is 1. The summed E-state index contributed by atoms with van der Waals surface area (Å²) in [7, 11) is 0. The van der Waals surface area contributed by atoms with E-state index < -0.39 is 4.92 Å². The van der Waals surface area contributed by atoms with Gasteiger partial charge in [0.2, 0.25) is 0 Å². The molecule has 4 rings (SSSR count). The Morgan fingerprint density at radius 1 is 0.846 bits per heavy atom. The molecule has 1 aromatic heterocycles. The Morgan fingerprint density at radius 2 is 1.46 bits per heavy atom. The number of non-ortho nitro benzene ring substituents is 1. The molecule has 1 heterocycles. The molecule has 0 fully saturated rings. The number of nitro groups is 1. The van der Waals surface area contributed by atoms with Crippen molar-refractivity contribution in [1.82, 2.24) is 9.97 Å². The average Bonchev–Trinajstić information content (AvgIpc) is 2.66. The van der Waals surface area contributed by atoms with E-state index >= 15 is 0 Å². The smallest absolute Gasteiger partial charge is 0.269 e. The fourth-order valence-corrected chi connectivity index (χ4v) is 2.64. The number of nitro benzene ring substituents is 1. The summed E-state index contributed by atoms with van der Waals surface area (Å²) in [5.41, 5.74) is 3.84. The molecule has 4 aromatic rings. The zero-order valence-corrected chi connectivity index (χ0v) is 13.4. The predicted molar refractivity (Wildman–Crippen MR) is 98.1 cm³/mol. The summed E-state index contributed by atoms with van der Waals surface area (Å²) in [4.78, 5) is 31.6. The van der Waals surface area contributed by atoms with Gasteiger partial charge in [-0.1, -0.05) is 12.1 Å². The molecule has 0 radical (unpaired) electrons. The van der Waals surface area contributed by atoms with Crippen LogP contribution in [-0.2, 0) is 0 Å². The first-order valence-electron chi connectivity index (χ1n) is 7.82. The van der Waals surface area contributed by atoms with Crippen molar-refractivity contribution >= 4 is 39.3 Å². The van der Waals surface area contributed by atoms with Gasteiger partial charge in [0.25, 0.3) is 11.6 Å². The van der Waals surface area contributed by atoms with Gasteiger partial charge < -0.3 is 5.32 Å². The summed E-state index contributed by atoms with van der Waals surface area (Å²) < 4.78 is 0. The van der Waals surface area contributed by atoms with Gasteiger partial charge in [0.1, 0.15) is 0 Å². The van der Waals surface area contributed by atoms with Crippen molar-refractivity contribution in [3.05, 3.63) is 82.4 Å². The normalized spacial score (nSPS) is 10.8. The van der Waals surface area contributed by atoms with Crippen molar-refractivity contribution in [2.24, 2.45) is 0 Å². The van der Waals surface area contributed by atoms with E-state index in [9.17, 15) is 14.9 Å². The van der Waals surface area contributed by atoms with Crippen LogP contribution in [-0.4, -0.2) is 20.8 Å². The van der Waals surface area contributed by atoms with Crippen LogP contribution in [0.25, 0.3) is 22.1 Å². The highest BCUT2D eigenvalue weighted by Gasteiger charge is 2.10. The van der Waals surface area contributed by atoms with E-state index in [-0.39, 0.29) is 11.6 Å². The minimum Gasteiger partial charge on any atom is -0.322 e. The number of nitrogens with one attached hydrogen (secondary N) is 1. The van der Waals surface area contributed by atoms with Crippen LogP contribution in [0.3, 0.4) is 0 Å². The van der Waals surface area contributed by atoms with Crippen molar-refractivity contribution in [3.8, 4) is 0 Å². The second-order valence-corrected chi connectivity index (χ2v) is 5.67. The van der Waals surface area contributed by atoms with Gasteiger partial charge in [0.15, 0.2) is 0 Å². The Balaban J connectivity index is 1.62. The summed E-state index contributed by atoms with van der Waals surface area (Å²) in [5.74, 6) is -0.354. The Labute approximate surface area is 147 Å². The van der Waals surface area contributed by atoms with Crippen LogP contribution < -0.4 is 5.32 Å². The second kappa shape index (κ2) is 6.21. The lowest BCUT2D eigenvalue weighted by Gasteiger charge is -2.07. The van der Waals surface area contributed by atoms with E-state index in [4.69, 9.17) is 0 Å². The minimum atomic E-state index is -0.506. The first-order chi connectivity index (χ1) is 12.6. The first kappa shape index (κ1) is 15.6. The molecule has 0 aliphatic heterocycles. The summed E-state index contributed by atoms with van der Waals surface area (Å²) in [6.07, 6.45) is 0. The summed E-state index contributed by atoms with van der Waals surface area (Å²) in [6.45, 7) is 0. The molecule has 0 unspecified atom stereocenters. The fourth-order valence-electron chi connectivity index (χ4n) is 2.64. The van der Waals surface area contributed by atoms with Crippen molar-refractivity contribution in [1.29, 1.82) is 0 Å². The molecule has 1 amide bonds. The van der Waals surface area contributed by atoms with Crippen LogP contribution in [0.15, 0.2) is 66.7 Å². The van der Waals surface area contributed by atoms with Crippen LogP contribution in [0.1, 0.15) is 10.4 Å². The molecule has 3 aromatic carbocycles. The zero-order valence-electron chi connectivity index (χ0n) is 13.4.